The molecule has 0 bridgehead atoms. The van der Waals surface area contributed by atoms with Gasteiger partial charge in [0.25, 0.3) is 0 Å². The molecule has 140 valence electrons. The Hall–Kier alpha value is -2.78. The summed E-state index contributed by atoms with van der Waals surface area (Å²) in [5.41, 5.74) is 2.38. The molecule has 3 aromatic carbocycles. The van der Waals surface area contributed by atoms with E-state index < -0.39 is 0 Å². The minimum Gasteiger partial charge on any atom is -0.490 e. The van der Waals surface area contributed by atoms with Gasteiger partial charge in [-0.3, -0.25) is 0 Å². The standard InChI is InChI=1S/C24H20INO2/c1-3-11-28-24-22(25)13-17(14-23(24)27-4-2)12-21(16-26)20-10-9-18-7-5-6-8-19(18)15-20/h3,5-10,12-15H,1,4,11H2,2H3/b21-12-. The molecule has 0 N–H and O–H groups in total. The van der Waals surface area contributed by atoms with Crippen LogP contribution < -0.4 is 9.47 Å². The lowest BCUT2D eigenvalue weighted by atomic mass is 10.00. The summed E-state index contributed by atoms with van der Waals surface area (Å²) < 4.78 is 12.4. The van der Waals surface area contributed by atoms with E-state index in [4.69, 9.17) is 9.47 Å². The summed E-state index contributed by atoms with van der Waals surface area (Å²) in [5.74, 6) is 1.36. The maximum absolute atomic E-state index is 9.74. The molecular formula is C24H20INO2. The van der Waals surface area contributed by atoms with Crippen molar-refractivity contribution in [1.82, 2.24) is 0 Å². The van der Waals surface area contributed by atoms with Crippen molar-refractivity contribution in [2.24, 2.45) is 0 Å². The lowest BCUT2D eigenvalue weighted by molar-refractivity contribution is 0.295. The van der Waals surface area contributed by atoms with E-state index in [1.807, 2.05) is 55.5 Å². The molecule has 0 aliphatic heterocycles. The smallest absolute Gasteiger partial charge is 0.174 e. The normalized spacial score (nSPS) is 11.1. The van der Waals surface area contributed by atoms with E-state index in [1.54, 1.807) is 6.08 Å². The van der Waals surface area contributed by atoms with Crippen molar-refractivity contribution in [2.75, 3.05) is 13.2 Å². The van der Waals surface area contributed by atoms with Crippen LogP contribution in [0, 0.1) is 14.9 Å². The largest absolute Gasteiger partial charge is 0.490 e. The van der Waals surface area contributed by atoms with Gasteiger partial charge in [-0.1, -0.05) is 49.1 Å². The van der Waals surface area contributed by atoms with Crippen LogP contribution in [0.1, 0.15) is 18.1 Å². The molecule has 0 saturated carbocycles. The molecule has 0 aliphatic rings. The third kappa shape index (κ3) is 4.55. The molecule has 4 heteroatoms. The van der Waals surface area contributed by atoms with Crippen molar-refractivity contribution in [3.8, 4) is 17.6 Å². The highest BCUT2D eigenvalue weighted by atomic mass is 127. The van der Waals surface area contributed by atoms with Crippen LogP contribution >= 0.6 is 22.6 Å². The van der Waals surface area contributed by atoms with E-state index in [2.05, 4.69) is 47.4 Å². The Kier molecular flexibility index (Phi) is 6.72. The molecule has 0 spiro atoms. The number of halogens is 1. The summed E-state index contributed by atoms with van der Waals surface area (Å²) in [6.45, 7) is 6.56. The van der Waals surface area contributed by atoms with Gasteiger partial charge in [0.2, 0.25) is 0 Å². The highest BCUT2D eigenvalue weighted by Crippen LogP contribution is 2.35. The molecular weight excluding hydrogens is 461 g/mol. The Morgan fingerprint density at radius 1 is 1.11 bits per heavy atom. The van der Waals surface area contributed by atoms with E-state index in [9.17, 15) is 5.26 Å². The lowest BCUT2D eigenvalue weighted by Gasteiger charge is -2.14. The Bertz CT molecular complexity index is 1080. The van der Waals surface area contributed by atoms with Crippen LogP contribution in [0.15, 0.2) is 67.3 Å². The number of ether oxygens (including phenoxy) is 2. The van der Waals surface area contributed by atoms with Gasteiger partial charge >= 0.3 is 0 Å². The van der Waals surface area contributed by atoms with Gasteiger partial charge < -0.3 is 9.47 Å². The molecule has 3 aromatic rings. The highest BCUT2D eigenvalue weighted by Gasteiger charge is 2.12. The van der Waals surface area contributed by atoms with Crippen LogP contribution in [0.5, 0.6) is 11.5 Å². The van der Waals surface area contributed by atoms with E-state index in [0.29, 0.717) is 30.3 Å². The fraction of sp³-hybridized carbons (Fsp3) is 0.125. The monoisotopic (exact) mass is 481 g/mol. The number of hydrogen-bond donors (Lipinski definition) is 0. The average molecular weight is 481 g/mol. The number of allylic oxidation sites excluding steroid dienone is 1. The number of nitrogens with zero attached hydrogens (tertiary/aromatic N) is 1. The molecule has 3 rings (SSSR count). The number of hydrogen-bond acceptors (Lipinski definition) is 3. The third-order valence-electron chi connectivity index (χ3n) is 4.17. The van der Waals surface area contributed by atoms with Crippen molar-refractivity contribution >= 4 is 45.0 Å². The molecule has 0 atom stereocenters. The average Bonchev–Trinajstić information content (AvgIpc) is 2.71. The fourth-order valence-corrected chi connectivity index (χ4v) is 3.70. The zero-order valence-electron chi connectivity index (χ0n) is 15.6. The zero-order chi connectivity index (χ0) is 19.9. The van der Waals surface area contributed by atoms with Crippen molar-refractivity contribution < 1.29 is 9.47 Å². The SMILES string of the molecule is C=CCOc1c(I)cc(/C=C(/C#N)c2ccc3ccccc3c2)cc1OCC. The van der Waals surface area contributed by atoms with Crippen molar-refractivity contribution in [3.63, 3.8) is 0 Å². The van der Waals surface area contributed by atoms with Gasteiger partial charge in [-0.25, -0.2) is 0 Å². The van der Waals surface area contributed by atoms with Crippen LogP contribution in [0.3, 0.4) is 0 Å². The van der Waals surface area contributed by atoms with Crippen LogP contribution in [-0.4, -0.2) is 13.2 Å². The first-order valence-corrected chi connectivity index (χ1v) is 10.0. The van der Waals surface area contributed by atoms with Gasteiger partial charge in [-0.2, -0.15) is 5.26 Å². The molecule has 0 radical (unpaired) electrons. The van der Waals surface area contributed by atoms with Gasteiger partial charge in [-0.05, 0) is 75.7 Å². The molecule has 28 heavy (non-hydrogen) atoms. The van der Waals surface area contributed by atoms with Crippen LogP contribution in [-0.2, 0) is 0 Å². The van der Waals surface area contributed by atoms with Crippen LogP contribution in [0.4, 0.5) is 0 Å². The fourth-order valence-electron chi connectivity index (χ4n) is 2.92. The first kappa shape index (κ1) is 20.0. The van der Waals surface area contributed by atoms with Crippen molar-refractivity contribution in [1.29, 1.82) is 5.26 Å². The Morgan fingerprint density at radius 3 is 2.61 bits per heavy atom. The van der Waals surface area contributed by atoms with E-state index in [-0.39, 0.29) is 0 Å². The van der Waals surface area contributed by atoms with Gasteiger partial charge in [0.1, 0.15) is 6.61 Å². The second-order valence-electron chi connectivity index (χ2n) is 6.09. The molecule has 0 aliphatic carbocycles. The van der Waals surface area contributed by atoms with Crippen molar-refractivity contribution in [2.45, 2.75) is 6.92 Å². The third-order valence-corrected chi connectivity index (χ3v) is 4.97. The van der Waals surface area contributed by atoms with E-state index >= 15 is 0 Å². The van der Waals surface area contributed by atoms with Gasteiger partial charge in [0.05, 0.1) is 21.8 Å². The molecule has 0 saturated heterocycles. The van der Waals surface area contributed by atoms with Gasteiger partial charge in [-0.15, -0.1) is 0 Å². The summed E-state index contributed by atoms with van der Waals surface area (Å²) in [6.07, 6.45) is 3.58. The second kappa shape index (κ2) is 9.43. The minimum absolute atomic E-state index is 0.409. The molecule has 0 amide bonds. The lowest BCUT2D eigenvalue weighted by Crippen LogP contribution is -2.01. The molecule has 3 nitrogen and oxygen atoms in total. The summed E-state index contributed by atoms with van der Waals surface area (Å²) in [4.78, 5) is 0. The molecule has 0 aromatic heterocycles. The predicted molar refractivity (Wildman–Crippen MR) is 123 cm³/mol. The number of nitriles is 1. The number of fused-ring (bicyclic) bond motifs is 1. The van der Waals surface area contributed by atoms with Crippen LogP contribution in [0.2, 0.25) is 0 Å². The first-order chi connectivity index (χ1) is 13.7. The highest BCUT2D eigenvalue weighted by molar-refractivity contribution is 14.1. The Morgan fingerprint density at radius 2 is 1.89 bits per heavy atom. The van der Waals surface area contributed by atoms with Gasteiger partial charge in [0.15, 0.2) is 11.5 Å². The number of rotatable bonds is 7. The first-order valence-electron chi connectivity index (χ1n) is 8.97. The maximum atomic E-state index is 9.74. The van der Waals surface area contributed by atoms with Crippen LogP contribution in [0.25, 0.3) is 22.4 Å². The van der Waals surface area contributed by atoms with E-state index in [1.165, 1.54) is 0 Å². The topological polar surface area (TPSA) is 42.2 Å². The summed E-state index contributed by atoms with van der Waals surface area (Å²) in [7, 11) is 0. The zero-order valence-corrected chi connectivity index (χ0v) is 17.8. The summed E-state index contributed by atoms with van der Waals surface area (Å²) in [5, 5.41) is 12.0. The van der Waals surface area contributed by atoms with Gasteiger partial charge in [0, 0.05) is 0 Å². The molecule has 0 fully saturated rings. The summed E-state index contributed by atoms with van der Waals surface area (Å²) >= 11 is 2.22. The quantitative estimate of drug-likeness (QED) is 0.168. The molecule has 0 heterocycles. The molecule has 0 unspecified atom stereocenters. The maximum Gasteiger partial charge on any atom is 0.174 e. The second-order valence-corrected chi connectivity index (χ2v) is 7.26. The Labute approximate surface area is 179 Å². The Balaban J connectivity index is 2.03. The van der Waals surface area contributed by atoms with Crippen molar-refractivity contribution in [3.05, 3.63) is 81.9 Å². The van der Waals surface area contributed by atoms with E-state index in [0.717, 1.165) is 25.5 Å². The minimum atomic E-state index is 0.409. The predicted octanol–water partition coefficient (Wildman–Crippen LogP) is 6.47. The number of benzene rings is 3. The summed E-state index contributed by atoms with van der Waals surface area (Å²) in [6, 6.07) is 20.4.